The molecule has 180 valence electrons. The van der Waals surface area contributed by atoms with E-state index in [-0.39, 0.29) is 18.1 Å². The topological polar surface area (TPSA) is 107 Å². The molecule has 3 N–H and O–H groups in total. The quantitative estimate of drug-likeness (QED) is 0.459. The number of hydrogen-bond acceptors (Lipinski definition) is 8. The Morgan fingerprint density at radius 3 is 2.03 bits per heavy atom. The number of fused-ring (bicyclic) bond motifs is 1. The Morgan fingerprint density at radius 2 is 1.35 bits per heavy atom. The summed E-state index contributed by atoms with van der Waals surface area (Å²) in [7, 11) is 4.54. The SMILES string of the molecule is COc1cc(CCc2cc(OC)c3c(c2)O[C@@H](c2ccc(O)c(OC)c2)[C@H](CO)O3)ccc1O. The Bertz CT molecular complexity index is 1160. The van der Waals surface area contributed by atoms with Gasteiger partial charge in [0.2, 0.25) is 5.75 Å². The number of rotatable bonds is 8. The molecule has 0 saturated heterocycles. The number of methoxy groups -OCH3 is 3. The molecule has 34 heavy (non-hydrogen) atoms. The van der Waals surface area contributed by atoms with E-state index in [0.29, 0.717) is 47.2 Å². The van der Waals surface area contributed by atoms with E-state index in [1.54, 1.807) is 25.3 Å². The molecule has 0 fully saturated rings. The third kappa shape index (κ3) is 4.63. The minimum atomic E-state index is -0.675. The molecule has 0 bridgehead atoms. The van der Waals surface area contributed by atoms with Gasteiger partial charge < -0.3 is 39.0 Å². The summed E-state index contributed by atoms with van der Waals surface area (Å²) >= 11 is 0. The second-order valence-electron chi connectivity index (χ2n) is 7.94. The van der Waals surface area contributed by atoms with Crippen molar-refractivity contribution in [2.24, 2.45) is 0 Å². The van der Waals surface area contributed by atoms with Crippen molar-refractivity contribution in [2.75, 3.05) is 27.9 Å². The predicted molar refractivity (Wildman–Crippen MR) is 125 cm³/mol. The maximum absolute atomic E-state index is 9.97. The molecule has 0 saturated carbocycles. The van der Waals surface area contributed by atoms with E-state index in [9.17, 15) is 15.3 Å². The molecule has 2 atom stereocenters. The number of phenols is 2. The molecule has 8 nitrogen and oxygen atoms in total. The fraction of sp³-hybridized carbons (Fsp3) is 0.308. The first-order valence-electron chi connectivity index (χ1n) is 10.8. The van der Waals surface area contributed by atoms with Gasteiger partial charge in [-0.3, -0.25) is 0 Å². The van der Waals surface area contributed by atoms with Gasteiger partial charge in [-0.2, -0.15) is 0 Å². The zero-order valence-electron chi connectivity index (χ0n) is 19.3. The van der Waals surface area contributed by atoms with Gasteiger partial charge in [-0.15, -0.1) is 0 Å². The fourth-order valence-corrected chi connectivity index (χ4v) is 4.01. The zero-order valence-corrected chi connectivity index (χ0v) is 19.3. The van der Waals surface area contributed by atoms with Crippen LogP contribution in [0.5, 0.6) is 40.2 Å². The second-order valence-corrected chi connectivity index (χ2v) is 7.94. The summed E-state index contributed by atoms with van der Waals surface area (Å²) in [6.07, 6.45) is 0.0959. The van der Waals surface area contributed by atoms with E-state index in [0.717, 1.165) is 11.1 Å². The summed E-state index contributed by atoms with van der Waals surface area (Å²) in [4.78, 5) is 0. The molecular formula is C26H28O8. The number of benzene rings is 3. The van der Waals surface area contributed by atoms with Crippen molar-refractivity contribution in [3.05, 3.63) is 65.2 Å². The van der Waals surface area contributed by atoms with Gasteiger partial charge >= 0.3 is 0 Å². The molecule has 3 aromatic carbocycles. The number of aliphatic hydroxyl groups excluding tert-OH is 1. The number of hydrogen-bond donors (Lipinski definition) is 3. The summed E-state index contributed by atoms with van der Waals surface area (Å²) < 4.78 is 28.3. The van der Waals surface area contributed by atoms with Gasteiger partial charge in [-0.05, 0) is 60.4 Å². The van der Waals surface area contributed by atoms with Gasteiger partial charge in [0, 0.05) is 5.56 Å². The van der Waals surface area contributed by atoms with E-state index >= 15 is 0 Å². The molecule has 0 aromatic heterocycles. The Hall–Kier alpha value is -3.78. The summed E-state index contributed by atoms with van der Waals surface area (Å²) in [5.74, 6) is 2.29. The molecule has 0 spiro atoms. The lowest BCUT2D eigenvalue weighted by molar-refractivity contribution is -0.0142. The van der Waals surface area contributed by atoms with Crippen molar-refractivity contribution in [2.45, 2.75) is 25.0 Å². The van der Waals surface area contributed by atoms with Gasteiger partial charge in [0.05, 0.1) is 27.9 Å². The monoisotopic (exact) mass is 468 g/mol. The first kappa shape index (κ1) is 23.4. The Kier molecular flexibility index (Phi) is 6.88. The summed E-state index contributed by atoms with van der Waals surface area (Å²) in [5.41, 5.74) is 2.67. The maximum Gasteiger partial charge on any atom is 0.204 e. The minimum Gasteiger partial charge on any atom is -0.504 e. The average molecular weight is 469 g/mol. The molecule has 0 aliphatic carbocycles. The van der Waals surface area contributed by atoms with Crippen molar-refractivity contribution >= 4 is 0 Å². The summed E-state index contributed by atoms with van der Waals surface area (Å²) in [6, 6.07) is 14.0. The molecule has 0 amide bonds. The second kappa shape index (κ2) is 10.0. The van der Waals surface area contributed by atoms with E-state index in [1.165, 1.54) is 20.3 Å². The van der Waals surface area contributed by atoms with Crippen LogP contribution in [0, 0.1) is 0 Å². The fourth-order valence-electron chi connectivity index (χ4n) is 4.01. The van der Waals surface area contributed by atoms with Crippen molar-refractivity contribution in [3.8, 4) is 40.2 Å². The highest BCUT2D eigenvalue weighted by atomic mass is 16.6. The van der Waals surface area contributed by atoms with Crippen LogP contribution in [0.15, 0.2) is 48.5 Å². The van der Waals surface area contributed by atoms with Crippen molar-refractivity contribution in [1.82, 2.24) is 0 Å². The molecule has 8 heteroatoms. The van der Waals surface area contributed by atoms with Gasteiger partial charge in [-0.25, -0.2) is 0 Å². The van der Waals surface area contributed by atoms with Crippen LogP contribution >= 0.6 is 0 Å². The molecule has 0 unspecified atom stereocenters. The van der Waals surface area contributed by atoms with Crippen molar-refractivity contribution in [3.63, 3.8) is 0 Å². The largest absolute Gasteiger partial charge is 0.504 e. The smallest absolute Gasteiger partial charge is 0.204 e. The molecule has 1 heterocycles. The Morgan fingerprint density at radius 1 is 0.735 bits per heavy atom. The lowest BCUT2D eigenvalue weighted by Gasteiger charge is -2.34. The normalized spacial score (nSPS) is 16.7. The molecule has 0 radical (unpaired) electrons. The molecular weight excluding hydrogens is 440 g/mol. The first-order valence-corrected chi connectivity index (χ1v) is 10.8. The van der Waals surface area contributed by atoms with Crippen LogP contribution in [0.3, 0.4) is 0 Å². The van der Waals surface area contributed by atoms with Crippen molar-refractivity contribution in [1.29, 1.82) is 0 Å². The molecule has 1 aliphatic rings. The van der Waals surface area contributed by atoms with Crippen LogP contribution in [-0.4, -0.2) is 49.4 Å². The highest BCUT2D eigenvalue weighted by Crippen LogP contribution is 2.47. The highest BCUT2D eigenvalue weighted by Gasteiger charge is 2.35. The number of ether oxygens (including phenoxy) is 5. The van der Waals surface area contributed by atoms with E-state index in [4.69, 9.17) is 23.7 Å². The lowest BCUT2D eigenvalue weighted by atomic mass is 10.0. The predicted octanol–water partition coefficient (Wildman–Crippen LogP) is 3.78. The maximum atomic E-state index is 9.97. The lowest BCUT2D eigenvalue weighted by Crippen LogP contribution is -2.36. The number of phenolic OH excluding ortho intramolecular Hbond substituents is 2. The highest BCUT2D eigenvalue weighted by molar-refractivity contribution is 5.56. The van der Waals surface area contributed by atoms with Crippen LogP contribution < -0.4 is 23.7 Å². The van der Waals surface area contributed by atoms with Crippen LogP contribution in [0.4, 0.5) is 0 Å². The van der Waals surface area contributed by atoms with Crippen LogP contribution in [-0.2, 0) is 12.8 Å². The average Bonchev–Trinajstić information content (AvgIpc) is 2.87. The van der Waals surface area contributed by atoms with Crippen LogP contribution in [0.2, 0.25) is 0 Å². The van der Waals surface area contributed by atoms with Gasteiger partial charge in [-0.1, -0.05) is 12.1 Å². The Balaban J connectivity index is 1.62. The molecule has 4 rings (SSSR count). The summed E-state index contributed by atoms with van der Waals surface area (Å²) in [5, 5.41) is 29.7. The van der Waals surface area contributed by atoms with Gasteiger partial charge in [0.25, 0.3) is 0 Å². The zero-order chi connectivity index (χ0) is 24.2. The summed E-state index contributed by atoms with van der Waals surface area (Å²) in [6.45, 7) is -0.277. The minimum absolute atomic E-state index is 0.0127. The van der Waals surface area contributed by atoms with Crippen LogP contribution in [0.1, 0.15) is 22.8 Å². The third-order valence-corrected chi connectivity index (χ3v) is 5.82. The van der Waals surface area contributed by atoms with Gasteiger partial charge in [0.15, 0.2) is 46.7 Å². The van der Waals surface area contributed by atoms with E-state index in [2.05, 4.69) is 0 Å². The van der Waals surface area contributed by atoms with Crippen LogP contribution in [0.25, 0.3) is 0 Å². The number of aryl methyl sites for hydroxylation is 2. The third-order valence-electron chi connectivity index (χ3n) is 5.82. The molecule has 3 aromatic rings. The first-order chi connectivity index (χ1) is 16.5. The van der Waals surface area contributed by atoms with E-state index < -0.39 is 12.2 Å². The number of aliphatic hydroxyl groups is 1. The van der Waals surface area contributed by atoms with Crippen molar-refractivity contribution < 1.29 is 39.0 Å². The Labute approximate surface area is 197 Å². The van der Waals surface area contributed by atoms with Gasteiger partial charge in [0.1, 0.15) is 0 Å². The number of aromatic hydroxyl groups is 2. The van der Waals surface area contributed by atoms with E-state index in [1.807, 2.05) is 24.3 Å². The standard InChI is InChI=1S/C26H28O8/c1-30-20-10-15(6-8-18(20)28)4-5-16-11-22(32-3)26-23(12-16)33-25(24(14-27)34-26)17-7-9-19(29)21(13-17)31-2/h6-13,24-25,27-29H,4-5,14H2,1-3H3/t24-,25-/m0/s1. The molecule has 1 aliphatic heterocycles.